The summed E-state index contributed by atoms with van der Waals surface area (Å²) in [7, 11) is 1.17. The summed E-state index contributed by atoms with van der Waals surface area (Å²) < 4.78 is 0. The van der Waals surface area contributed by atoms with Gasteiger partial charge in [0.1, 0.15) is 0 Å². The summed E-state index contributed by atoms with van der Waals surface area (Å²) in [6, 6.07) is 0. The second-order valence-electron chi connectivity index (χ2n) is 1.92. The lowest BCUT2D eigenvalue weighted by Crippen LogP contribution is -1.76. The van der Waals surface area contributed by atoms with Crippen LogP contribution in [0.5, 0.6) is 0 Å². The van der Waals surface area contributed by atoms with Crippen molar-refractivity contribution in [3.05, 3.63) is 0 Å². The highest BCUT2D eigenvalue weighted by Gasteiger charge is 2.19. The topological polar surface area (TPSA) is 0 Å². The van der Waals surface area contributed by atoms with Gasteiger partial charge in [0.05, 0.1) is 0 Å². The average Bonchev–Trinajstić information content (AvgIpc) is 2.42. The third-order valence-electron chi connectivity index (χ3n) is 1.10. The van der Waals surface area contributed by atoms with Crippen LogP contribution in [0, 0.1) is 0 Å². The van der Waals surface area contributed by atoms with E-state index in [-0.39, 0.29) is 0 Å². The van der Waals surface area contributed by atoms with E-state index >= 15 is 0 Å². The highest BCUT2D eigenvalue weighted by atomic mass is 35.5. The molecule has 0 bridgehead atoms. The van der Waals surface area contributed by atoms with Crippen molar-refractivity contribution >= 4 is 20.2 Å². The SMILES string of the molecule is ClCCPC1CC1. The quantitative estimate of drug-likeness (QED) is 0.412. The van der Waals surface area contributed by atoms with E-state index < -0.39 is 0 Å². The van der Waals surface area contributed by atoms with Crippen molar-refractivity contribution in [2.24, 2.45) is 0 Å². The first-order valence-corrected chi connectivity index (χ1v) is 4.54. The van der Waals surface area contributed by atoms with Crippen molar-refractivity contribution < 1.29 is 0 Å². The number of alkyl halides is 1. The first kappa shape index (κ1) is 5.85. The molecule has 0 saturated heterocycles. The molecule has 0 heterocycles. The van der Waals surface area contributed by atoms with Crippen molar-refractivity contribution in [3.63, 3.8) is 0 Å². The Labute approximate surface area is 51.4 Å². The molecule has 1 atom stereocenters. The van der Waals surface area contributed by atoms with Crippen LogP contribution in [0.25, 0.3) is 0 Å². The molecule has 2 heteroatoms. The second kappa shape index (κ2) is 2.89. The van der Waals surface area contributed by atoms with Gasteiger partial charge in [0.15, 0.2) is 0 Å². The number of rotatable bonds is 3. The minimum Gasteiger partial charge on any atom is -0.126 e. The molecule has 0 aliphatic heterocycles. The Balaban J connectivity index is 1.80. The molecule has 0 N–H and O–H groups in total. The molecule has 0 amide bonds. The summed E-state index contributed by atoms with van der Waals surface area (Å²) in [6.45, 7) is 0. The van der Waals surface area contributed by atoms with E-state index in [2.05, 4.69) is 0 Å². The van der Waals surface area contributed by atoms with E-state index in [0.29, 0.717) is 0 Å². The highest BCUT2D eigenvalue weighted by molar-refractivity contribution is 7.39. The predicted molar refractivity (Wildman–Crippen MR) is 36.9 cm³/mol. The van der Waals surface area contributed by atoms with Gasteiger partial charge in [0.2, 0.25) is 0 Å². The maximum atomic E-state index is 5.48. The third-order valence-corrected chi connectivity index (χ3v) is 3.30. The Kier molecular flexibility index (Phi) is 2.42. The Hall–Kier alpha value is 0.720. The fraction of sp³-hybridized carbons (Fsp3) is 1.00. The molecule has 0 nitrogen and oxygen atoms in total. The van der Waals surface area contributed by atoms with Gasteiger partial charge in [0, 0.05) is 5.88 Å². The average molecular weight is 137 g/mol. The zero-order chi connectivity index (χ0) is 5.11. The monoisotopic (exact) mass is 136 g/mol. The number of halogens is 1. The predicted octanol–water partition coefficient (Wildman–Crippen LogP) is 2.07. The van der Waals surface area contributed by atoms with Crippen LogP contribution in [0.1, 0.15) is 12.8 Å². The molecule has 1 saturated carbocycles. The number of hydrogen-bond donors (Lipinski definition) is 0. The first-order chi connectivity index (χ1) is 3.43. The molecule has 0 aromatic rings. The van der Waals surface area contributed by atoms with E-state index in [1.54, 1.807) is 0 Å². The Morgan fingerprint density at radius 3 is 2.71 bits per heavy atom. The summed E-state index contributed by atoms with van der Waals surface area (Å²) >= 11 is 5.48. The van der Waals surface area contributed by atoms with Crippen molar-refractivity contribution in [1.29, 1.82) is 0 Å². The van der Waals surface area contributed by atoms with E-state index in [0.717, 1.165) is 11.5 Å². The van der Waals surface area contributed by atoms with Gasteiger partial charge in [-0.05, 0) is 24.7 Å². The lowest BCUT2D eigenvalue weighted by Gasteiger charge is -1.88. The second-order valence-corrected chi connectivity index (χ2v) is 4.02. The molecule has 7 heavy (non-hydrogen) atoms. The van der Waals surface area contributed by atoms with Gasteiger partial charge in [-0.2, -0.15) is 0 Å². The maximum Gasteiger partial charge on any atom is 0.0260 e. The lowest BCUT2D eigenvalue weighted by atomic mass is 10.9. The maximum absolute atomic E-state index is 5.48. The zero-order valence-corrected chi connectivity index (χ0v) is 6.04. The van der Waals surface area contributed by atoms with Gasteiger partial charge < -0.3 is 0 Å². The van der Waals surface area contributed by atoms with Crippen molar-refractivity contribution in [2.75, 3.05) is 12.0 Å². The smallest absolute Gasteiger partial charge is 0.0260 e. The van der Waals surface area contributed by atoms with Crippen LogP contribution in [-0.2, 0) is 0 Å². The van der Waals surface area contributed by atoms with E-state index in [1.807, 2.05) is 0 Å². The van der Waals surface area contributed by atoms with Crippen LogP contribution in [0.2, 0.25) is 0 Å². The van der Waals surface area contributed by atoms with Crippen LogP contribution >= 0.6 is 20.2 Å². The normalized spacial score (nSPS) is 21.9. The number of hydrogen-bond acceptors (Lipinski definition) is 0. The summed E-state index contributed by atoms with van der Waals surface area (Å²) in [5.41, 5.74) is 1.10. The van der Waals surface area contributed by atoms with Gasteiger partial charge in [0.25, 0.3) is 0 Å². The van der Waals surface area contributed by atoms with Crippen molar-refractivity contribution in [1.82, 2.24) is 0 Å². The van der Waals surface area contributed by atoms with Crippen LogP contribution in [0.3, 0.4) is 0 Å². The molecule has 1 aliphatic carbocycles. The van der Waals surface area contributed by atoms with Gasteiger partial charge in [-0.1, -0.05) is 0 Å². The van der Waals surface area contributed by atoms with Crippen molar-refractivity contribution in [3.8, 4) is 0 Å². The summed E-state index contributed by atoms with van der Waals surface area (Å²) in [5, 5.41) is 0. The molecule has 0 spiro atoms. The molecule has 0 aromatic heterocycles. The third kappa shape index (κ3) is 2.51. The van der Waals surface area contributed by atoms with E-state index in [4.69, 9.17) is 11.6 Å². The van der Waals surface area contributed by atoms with Crippen LogP contribution in [0.4, 0.5) is 0 Å². The lowest BCUT2D eigenvalue weighted by molar-refractivity contribution is 1.43. The summed E-state index contributed by atoms with van der Waals surface area (Å²) in [6.07, 6.45) is 4.22. The van der Waals surface area contributed by atoms with Gasteiger partial charge in [-0.25, -0.2) is 0 Å². The van der Waals surface area contributed by atoms with Crippen molar-refractivity contribution in [2.45, 2.75) is 18.5 Å². The van der Waals surface area contributed by atoms with E-state index in [9.17, 15) is 0 Å². The zero-order valence-electron chi connectivity index (χ0n) is 4.28. The largest absolute Gasteiger partial charge is 0.126 e. The minimum atomic E-state index is 0.870. The first-order valence-electron chi connectivity index (χ1n) is 2.73. The molecule has 42 valence electrons. The van der Waals surface area contributed by atoms with Gasteiger partial charge in [-0.15, -0.1) is 20.2 Å². The summed E-state index contributed by atoms with van der Waals surface area (Å²) in [4.78, 5) is 0. The van der Waals surface area contributed by atoms with Gasteiger partial charge >= 0.3 is 0 Å². The summed E-state index contributed by atoms with van der Waals surface area (Å²) in [5.74, 6) is 0.870. The molecule has 0 radical (unpaired) electrons. The van der Waals surface area contributed by atoms with Gasteiger partial charge in [-0.3, -0.25) is 0 Å². The molecule has 1 unspecified atom stereocenters. The van der Waals surface area contributed by atoms with Crippen LogP contribution < -0.4 is 0 Å². The Morgan fingerprint density at radius 2 is 2.29 bits per heavy atom. The van der Waals surface area contributed by atoms with Crippen LogP contribution in [-0.4, -0.2) is 17.7 Å². The molecule has 1 aliphatic rings. The molecular weight excluding hydrogens is 126 g/mol. The Morgan fingerprint density at radius 1 is 1.57 bits per heavy atom. The van der Waals surface area contributed by atoms with Crippen LogP contribution in [0.15, 0.2) is 0 Å². The fourth-order valence-corrected chi connectivity index (χ4v) is 1.97. The Bertz CT molecular complexity index is 52.0. The fourth-order valence-electron chi connectivity index (χ4n) is 0.546. The molecule has 1 fully saturated rings. The standard InChI is InChI=1S/C5H10ClP/c6-3-4-7-5-1-2-5/h5,7H,1-4H2. The molecule has 0 aromatic carbocycles. The highest BCUT2D eigenvalue weighted by Crippen LogP contribution is 2.38. The van der Waals surface area contributed by atoms with E-state index in [1.165, 1.54) is 27.6 Å². The minimum absolute atomic E-state index is 0.870. The molecule has 1 rings (SSSR count). The molecular formula is C5H10ClP.